The van der Waals surface area contributed by atoms with E-state index < -0.39 is 0 Å². The van der Waals surface area contributed by atoms with Gasteiger partial charge in [-0.05, 0) is 19.2 Å². The lowest BCUT2D eigenvalue weighted by molar-refractivity contribution is 0.766. The number of likely N-dealkylation sites (N-methyl/N-ethyl adjacent to an activating group) is 1. The maximum atomic E-state index is 4.47. The van der Waals surface area contributed by atoms with Crippen LogP contribution in [-0.4, -0.2) is 42.6 Å². The van der Waals surface area contributed by atoms with E-state index in [1.54, 1.807) is 0 Å². The van der Waals surface area contributed by atoms with Gasteiger partial charge in [-0.2, -0.15) is 0 Å². The van der Waals surface area contributed by atoms with Crippen molar-refractivity contribution >= 4 is 17.0 Å². The molecule has 0 spiro atoms. The zero-order chi connectivity index (χ0) is 11.5. The molecule has 0 atom stereocenters. The summed E-state index contributed by atoms with van der Waals surface area (Å²) in [6.45, 7) is 0.917. The van der Waals surface area contributed by atoms with Crippen LogP contribution in [0.4, 0.5) is 5.82 Å². The Morgan fingerprint density at radius 1 is 1.31 bits per heavy atom. The largest absolute Gasteiger partial charge is 0.363 e. The Kier molecular flexibility index (Phi) is 3.05. The molecular weight excluding hydrogens is 202 g/mol. The second kappa shape index (κ2) is 4.49. The van der Waals surface area contributed by atoms with Crippen LogP contribution in [0.3, 0.4) is 0 Å². The van der Waals surface area contributed by atoms with Crippen LogP contribution in [0.2, 0.25) is 0 Å². The van der Waals surface area contributed by atoms with Crippen LogP contribution in [0, 0.1) is 0 Å². The highest BCUT2D eigenvalue weighted by Crippen LogP contribution is 2.14. The molecule has 5 nitrogen and oxygen atoms in total. The smallest absolute Gasteiger partial charge is 0.179 e. The van der Waals surface area contributed by atoms with Crippen LogP contribution in [0.5, 0.6) is 0 Å². The molecule has 2 aromatic rings. The SMILES string of the molecule is CNCCc1nc2nc(N(C)C)ccc2[nH]1. The molecule has 0 aliphatic heterocycles. The summed E-state index contributed by atoms with van der Waals surface area (Å²) in [5.41, 5.74) is 1.79. The van der Waals surface area contributed by atoms with Gasteiger partial charge in [-0.15, -0.1) is 0 Å². The number of nitrogens with zero attached hydrogens (tertiary/aromatic N) is 3. The number of pyridine rings is 1. The highest BCUT2D eigenvalue weighted by molar-refractivity contribution is 5.73. The third-order valence-electron chi connectivity index (χ3n) is 2.45. The molecular formula is C11H17N5. The third kappa shape index (κ3) is 2.14. The normalized spacial score (nSPS) is 10.9. The Bertz CT molecular complexity index is 474. The molecule has 0 unspecified atom stereocenters. The summed E-state index contributed by atoms with van der Waals surface area (Å²) in [5.74, 6) is 1.91. The first-order valence-electron chi connectivity index (χ1n) is 5.38. The summed E-state index contributed by atoms with van der Waals surface area (Å²) in [7, 11) is 5.89. The first-order chi connectivity index (χ1) is 7.70. The summed E-state index contributed by atoms with van der Waals surface area (Å²) in [5, 5.41) is 3.10. The monoisotopic (exact) mass is 219 g/mol. The quantitative estimate of drug-likeness (QED) is 0.798. The molecule has 2 heterocycles. The third-order valence-corrected chi connectivity index (χ3v) is 2.45. The molecule has 2 aromatic heterocycles. The van der Waals surface area contributed by atoms with Crippen LogP contribution in [0.25, 0.3) is 11.2 Å². The molecule has 0 aliphatic rings. The standard InChI is InChI=1S/C11H17N5/c1-12-7-6-9-13-8-4-5-10(16(2)3)15-11(8)14-9/h4-5,12H,6-7H2,1-3H3,(H,13,14,15). The van der Waals surface area contributed by atoms with Crippen molar-refractivity contribution in [1.29, 1.82) is 0 Å². The van der Waals surface area contributed by atoms with Gasteiger partial charge >= 0.3 is 0 Å². The lowest BCUT2D eigenvalue weighted by Gasteiger charge is -2.09. The zero-order valence-electron chi connectivity index (χ0n) is 9.91. The molecule has 0 radical (unpaired) electrons. The van der Waals surface area contributed by atoms with Crippen LogP contribution in [0.15, 0.2) is 12.1 Å². The summed E-state index contributed by atoms with van der Waals surface area (Å²) in [6.07, 6.45) is 0.893. The van der Waals surface area contributed by atoms with Crippen LogP contribution >= 0.6 is 0 Å². The highest BCUT2D eigenvalue weighted by atomic mass is 15.1. The second-order valence-corrected chi connectivity index (χ2v) is 3.97. The number of imidazole rings is 1. The van der Waals surface area contributed by atoms with Crippen molar-refractivity contribution in [3.63, 3.8) is 0 Å². The highest BCUT2D eigenvalue weighted by Gasteiger charge is 2.05. The average Bonchev–Trinajstić information content (AvgIpc) is 2.67. The van der Waals surface area contributed by atoms with Crippen molar-refractivity contribution in [2.75, 3.05) is 32.6 Å². The van der Waals surface area contributed by atoms with Crippen molar-refractivity contribution < 1.29 is 0 Å². The number of aromatic nitrogens is 3. The minimum atomic E-state index is 0.789. The molecule has 5 heteroatoms. The lowest BCUT2D eigenvalue weighted by Crippen LogP contribution is -2.11. The number of hydrogen-bond donors (Lipinski definition) is 2. The van der Waals surface area contributed by atoms with E-state index in [0.29, 0.717) is 0 Å². The van der Waals surface area contributed by atoms with E-state index >= 15 is 0 Å². The maximum absolute atomic E-state index is 4.47. The summed E-state index contributed by atoms with van der Waals surface area (Å²) < 4.78 is 0. The molecule has 2 rings (SSSR count). The Labute approximate surface area is 94.9 Å². The Morgan fingerprint density at radius 3 is 2.81 bits per heavy atom. The fourth-order valence-corrected chi connectivity index (χ4v) is 1.54. The molecule has 0 saturated heterocycles. The number of nitrogens with one attached hydrogen (secondary N) is 2. The van der Waals surface area contributed by atoms with Crippen molar-refractivity contribution in [2.45, 2.75) is 6.42 Å². The van der Waals surface area contributed by atoms with Crippen molar-refractivity contribution in [3.05, 3.63) is 18.0 Å². The average molecular weight is 219 g/mol. The van der Waals surface area contributed by atoms with Crippen molar-refractivity contribution in [1.82, 2.24) is 20.3 Å². The molecule has 16 heavy (non-hydrogen) atoms. The number of anilines is 1. The Hall–Kier alpha value is -1.62. The van der Waals surface area contributed by atoms with Gasteiger partial charge in [0.25, 0.3) is 0 Å². The number of fused-ring (bicyclic) bond motifs is 1. The van der Waals surface area contributed by atoms with Gasteiger partial charge in [0.05, 0.1) is 5.52 Å². The van der Waals surface area contributed by atoms with Gasteiger partial charge in [0.15, 0.2) is 5.65 Å². The molecule has 0 aliphatic carbocycles. The lowest BCUT2D eigenvalue weighted by atomic mass is 10.4. The van der Waals surface area contributed by atoms with Gasteiger partial charge in [0.2, 0.25) is 0 Å². The van der Waals surface area contributed by atoms with Gasteiger partial charge in [-0.3, -0.25) is 0 Å². The van der Waals surface area contributed by atoms with Crippen LogP contribution in [0.1, 0.15) is 5.82 Å². The van der Waals surface area contributed by atoms with Gasteiger partial charge < -0.3 is 15.2 Å². The van der Waals surface area contributed by atoms with Gasteiger partial charge in [-0.25, -0.2) is 9.97 Å². The zero-order valence-corrected chi connectivity index (χ0v) is 9.91. The predicted molar refractivity (Wildman–Crippen MR) is 65.8 cm³/mol. The van der Waals surface area contributed by atoms with E-state index in [0.717, 1.165) is 35.8 Å². The second-order valence-electron chi connectivity index (χ2n) is 3.97. The van der Waals surface area contributed by atoms with Crippen LogP contribution < -0.4 is 10.2 Å². The molecule has 0 amide bonds. The minimum absolute atomic E-state index is 0.789. The topological polar surface area (TPSA) is 56.8 Å². The van der Waals surface area contributed by atoms with E-state index in [9.17, 15) is 0 Å². The van der Waals surface area contributed by atoms with Crippen LogP contribution in [-0.2, 0) is 6.42 Å². The van der Waals surface area contributed by atoms with E-state index in [4.69, 9.17) is 0 Å². The van der Waals surface area contributed by atoms with E-state index in [1.807, 2.05) is 38.2 Å². The van der Waals surface area contributed by atoms with Gasteiger partial charge in [-0.1, -0.05) is 0 Å². The molecule has 0 fully saturated rings. The molecule has 86 valence electrons. The number of aromatic amines is 1. The van der Waals surface area contributed by atoms with Crippen molar-refractivity contribution in [2.24, 2.45) is 0 Å². The molecule has 0 aromatic carbocycles. The Morgan fingerprint density at radius 2 is 2.12 bits per heavy atom. The molecule has 0 saturated carbocycles. The van der Waals surface area contributed by atoms with E-state index in [2.05, 4.69) is 20.3 Å². The predicted octanol–water partition coefficient (Wildman–Crippen LogP) is 0.786. The first-order valence-corrected chi connectivity index (χ1v) is 5.38. The molecule has 0 bridgehead atoms. The van der Waals surface area contributed by atoms with Crippen molar-refractivity contribution in [3.8, 4) is 0 Å². The maximum Gasteiger partial charge on any atom is 0.179 e. The van der Waals surface area contributed by atoms with E-state index in [-0.39, 0.29) is 0 Å². The number of H-pyrrole nitrogens is 1. The van der Waals surface area contributed by atoms with E-state index in [1.165, 1.54) is 0 Å². The minimum Gasteiger partial charge on any atom is -0.363 e. The Balaban J connectivity index is 2.30. The fourth-order valence-electron chi connectivity index (χ4n) is 1.54. The molecule has 2 N–H and O–H groups in total. The first kappa shape index (κ1) is 10.9. The number of rotatable bonds is 4. The summed E-state index contributed by atoms with van der Waals surface area (Å²) in [6, 6.07) is 4.01. The number of hydrogen-bond acceptors (Lipinski definition) is 4. The summed E-state index contributed by atoms with van der Waals surface area (Å²) in [4.78, 5) is 14.2. The van der Waals surface area contributed by atoms with Gasteiger partial charge in [0.1, 0.15) is 11.6 Å². The fraction of sp³-hybridized carbons (Fsp3) is 0.455. The van der Waals surface area contributed by atoms with Gasteiger partial charge in [0, 0.05) is 27.1 Å². The summed E-state index contributed by atoms with van der Waals surface area (Å²) >= 11 is 0.